The maximum Gasteiger partial charge on any atom is 0.300 e. The van der Waals surface area contributed by atoms with E-state index in [-0.39, 0.29) is 27.7 Å². The number of aryl methyl sites for hydroxylation is 2. The molecule has 2 N–H and O–H groups in total. The number of aromatic nitrogens is 1. The third-order valence-electron chi connectivity index (χ3n) is 6.66. The Morgan fingerprint density at radius 2 is 1.70 bits per heavy atom. The molecule has 1 amide bonds. The number of methoxy groups -OCH3 is 2. The highest BCUT2D eigenvalue weighted by Crippen LogP contribution is 2.47. The van der Waals surface area contributed by atoms with Crippen molar-refractivity contribution in [2.24, 2.45) is 0 Å². The fourth-order valence-corrected chi connectivity index (χ4v) is 5.37. The summed E-state index contributed by atoms with van der Waals surface area (Å²) in [5.74, 6) is -1.08. The number of nitrogens with one attached hydrogen (secondary N) is 1. The number of para-hydroxylation sites is 1. The number of rotatable bonds is 5. The van der Waals surface area contributed by atoms with Crippen LogP contribution in [0.25, 0.3) is 16.7 Å². The molecule has 1 unspecified atom stereocenters. The van der Waals surface area contributed by atoms with Crippen LogP contribution in [0.5, 0.6) is 11.5 Å². The molecule has 0 radical (unpaired) electrons. The molecule has 2 heterocycles. The molecular weight excluding hydrogens is 492 g/mol. The first-order valence-corrected chi connectivity index (χ1v) is 12.0. The highest BCUT2D eigenvalue weighted by Gasteiger charge is 2.48. The zero-order valence-corrected chi connectivity index (χ0v) is 21.5. The van der Waals surface area contributed by atoms with Gasteiger partial charge in [-0.05, 0) is 61.9 Å². The third-order valence-corrected chi connectivity index (χ3v) is 6.94. The first kappa shape index (κ1) is 24.5. The normalized spacial score (nSPS) is 17.0. The van der Waals surface area contributed by atoms with Crippen LogP contribution in [0.4, 0.5) is 5.69 Å². The number of carbonyl (C=O) groups is 2. The van der Waals surface area contributed by atoms with Crippen molar-refractivity contribution in [2.75, 3.05) is 19.1 Å². The van der Waals surface area contributed by atoms with E-state index in [2.05, 4.69) is 4.98 Å². The maximum atomic E-state index is 13.6. The van der Waals surface area contributed by atoms with E-state index in [0.717, 1.165) is 22.2 Å². The van der Waals surface area contributed by atoms with Crippen molar-refractivity contribution in [1.29, 1.82) is 0 Å². The molecule has 188 valence electrons. The van der Waals surface area contributed by atoms with Gasteiger partial charge in [-0.15, -0.1) is 0 Å². The number of ketones is 1. The summed E-state index contributed by atoms with van der Waals surface area (Å²) in [4.78, 5) is 32.0. The number of anilines is 1. The molecule has 1 fully saturated rings. The van der Waals surface area contributed by atoms with Crippen LogP contribution in [0.2, 0.25) is 5.02 Å². The van der Waals surface area contributed by atoms with Gasteiger partial charge in [0.15, 0.2) is 0 Å². The average Bonchev–Trinajstić information content (AvgIpc) is 3.35. The molecule has 1 aliphatic rings. The van der Waals surface area contributed by atoms with Gasteiger partial charge in [0.1, 0.15) is 17.3 Å². The zero-order chi connectivity index (χ0) is 26.4. The Balaban J connectivity index is 1.83. The van der Waals surface area contributed by atoms with Crippen molar-refractivity contribution in [2.45, 2.75) is 19.9 Å². The Morgan fingerprint density at radius 1 is 1.00 bits per heavy atom. The van der Waals surface area contributed by atoms with E-state index in [1.807, 2.05) is 38.1 Å². The van der Waals surface area contributed by atoms with Gasteiger partial charge in [-0.2, -0.15) is 0 Å². The molecule has 37 heavy (non-hydrogen) atoms. The van der Waals surface area contributed by atoms with Crippen molar-refractivity contribution in [3.8, 4) is 11.5 Å². The highest BCUT2D eigenvalue weighted by atomic mass is 35.5. The molecule has 8 heteroatoms. The van der Waals surface area contributed by atoms with Crippen LogP contribution in [0, 0.1) is 13.8 Å². The minimum Gasteiger partial charge on any atom is -0.507 e. The maximum absolute atomic E-state index is 13.6. The van der Waals surface area contributed by atoms with Crippen LogP contribution < -0.4 is 14.4 Å². The van der Waals surface area contributed by atoms with E-state index < -0.39 is 17.7 Å². The second-order valence-corrected chi connectivity index (χ2v) is 9.31. The Kier molecular flexibility index (Phi) is 6.17. The lowest BCUT2D eigenvalue weighted by Crippen LogP contribution is -2.29. The number of aromatic amines is 1. The number of amides is 1. The molecule has 3 aromatic carbocycles. The summed E-state index contributed by atoms with van der Waals surface area (Å²) < 4.78 is 10.7. The van der Waals surface area contributed by atoms with E-state index in [4.69, 9.17) is 21.1 Å². The van der Waals surface area contributed by atoms with Crippen molar-refractivity contribution >= 4 is 45.6 Å². The van der Waals surface area contributed by atoms with E-state index in [1.165, 1.54) is 12.0 Å². The Bertz CT molecular complexity index is 1590. The van der Waals surface area contributed by atoms with Crippen LogP contribution >= 0.6 is 11.6 Å². The molecule has 7 nitrogen and oxygen atoms in total. The molecule has 1 saturated heterocycles. The van der Waals surface area contributed by atoms with E-state index in [1.54, 1.807) is 43.5 Å². The van der Waals surface area contributed by atoms with Crippen LogP contribution in [0.1, 0.15) is 28.4 Å². The number of H-pyrrole nitrogens is 1. The summed E-state index contributed by atoms with van der Waals surface area (Å²) in [6.07, 6.45) is 0. The number of aliphatic hydroxyl groups excluding tert-OH is 1. The molecule has 0 spiro atoms. The number of hydrogen-bond acceptors (Lipinski definition) is 5. The predicted octanol–water partition coefficient (Wildman–Crippen LogP) is 6.08. The summed E-state index contributed by atoms with van der Waals surface area (Å²) in [5, 5.41) is 12.8. The fraction of sp³-hybridized carbons (Fsp3) is 0.172. The van der Waals surface area contributed by atoms with Gasteiger partial charge in [0.25, 0.3) is 11.7 Å². The number of hydrogen-bond donors (Lipinski definition) is 2. The van der Waals surface area contributed by atoms with Crippen LogP contribution in [0.3, 0.4) is 0 Å². The Morgan fingerprint density at radius 3 is 2.38 bits per heavy atom. The van der Waals surface area contributed by atoms with Gasteiger partial charge in [-0.3, -0.25) is 14.5 Å². The van der Waals surface area contributed by atoms with Crippen molar-refractivity contribution in [1.82, 2.24) is 4.98 Å². The first-order chi connectivity index (χ1) is 17.8. The van der Waals surface area contributed by atoms with E-state index in [0.29, 0.717) is 17.0 Å². The number of nitrogens with zero attached hydrogens (tertiary/aromatic N) is 1. The second kappa shape index (κ2) is 9.33. The number of fused-ring (bicyclic) bond motifs is 1. The average molecular weight is 517 g/mol. The fourth-order valence-electron chi connectivity index (χ4n) is 5.02. The molecule has 1 atom stereocenters. The summed E-state index contributed by atoms with van der Waals surface area (Å²) in [6.45, 7) is 3.70. The first-order valence-electron chi connectivity index (χ1n) is 11.6. The summed E-state index contributed by atoms with van der Waals surface area (Å²) in [7, 11) is 2.99. The van der Waals surface area contributed by atoms with E-state index >= 15 is 0 Å². The molecule has 0 bridgehead atoms. The number of ether oxygens (including phenoxy) is 2. The quantitative estimate of drug-likeness (QED) is 0.190. The number of benzene rings is 3. The lowest BCUT2D eigenvalue weighted by molar-refractivity contribution is -0.132. The Labute approximate surface area is 218 Å². The highest BCUT2D eigenvalue weighted by molar-refractivity contribution is 6.52. The van der Waals surface area contributed by atoms with Gasteiger partial charge in [-0.25, -0.2) is 0 Å². The predicted molar refractivity (Wildman–Crippen MR) is 144 cm³/mol. The topological polar surface area (TPSA) is 91.9 Å². The largest absolute Gasteiger partial charge is 0.507 e. The summed E-state index contributed by atoms with van der Waals surface area (Å²) in [6, 6.07) is 17.0. The zero-order valence-electron chi connectivity index (χ0n) is 20.8. The number of aliphatic hydroxyl groups is 1. The van der Waals surface area contributed by atoms with Gasteiger partial charge in [-0.1, -0.05) is 29.8 Å². The Hall–Kier alpha value is -4.23. The molecular formula is C29H25ClN2O5. The number of Topliss-reactive ketones (excluding diaryl/α,β-unsaturated/α-hetero) is 1. The van der Waals surface area contributed by atoms with Gasteiger partial charge in [0.2, 0.25) is 0 Å². The second-order valence-electron chi connectivity index (χ2n) is 8.90. The van der Waals surface area contributed by atoms with Gasteiger partial charge in [0.05, 0.1) is 36.4 Å². The molecule has 1 aromatic heterocycles. The molecule has 5 rings (SSSR count). The van der Waals surface area contributed by atoms with Gasteiger partial charge < -0.3 is 19.6 Å². The van der Waals surface area contributed by atoms with Crippen LogP contribution in [0.15, 0.2) is 66.2 Å². The molecule has 0 aliphatic carbocycles. The smallest absolute Gasteiger partial charge is 0.300 e. The van der Waals surface area contributed by atoms with E-state index in [9.17, 15) is 14.7 Å². The number of halogens is 1. The van der Waals surface area contributed by atoms with Gasteiger partial charge in [0, 0.05) is 27.8 Å². The number of carbonyl (C=O) groups excluding carboxylic acids is 2. The standard InChI is InChI=1S/C29H25ClN2O5/c1-15-13-20(28(37-4)21(30)14-15)26(33)24-25(23-16(2)31-22-8-6-5-7-19(22)23)32(29(35)27(24)34)17-9-11-18(36-3)12-10-17/h5-14,25,31,33H,1-4H3/b26-24+. The molecule has 1 aliphatic heterocycles. The van der Waals surface area contributed by atoms with Gasteiger partial charge >= 0.3 is 0 Å². The van der Waals surface area contributed by atoms with Crippen molar-refractivity contribution in [3.63, 3.8) is 0 Å². The third kappa shape index (κ3) is 3.92. The molecule has 0 saturated carbocycles. The minimum absolute atomic E-state index is 0.0476. The lowest BCUT2D eigenvalue weighted by atomic mass is 9.92. The van der Waals surface area contributed by atoms with Crippen molar-refractivity contribution in [3.05, 3.63) is 93.6 Å². The van der Waals surface area contributed by atoms with Crippen LogP contribution in [-0.2, 0) is 9.59 Å². The molecule has 4 aromatic rings. The van der Waals surface area contributed by atoms with Crippen LogP contribution in [-0.4, -0.2) is 36.0 Å². The monoisotopic (exact) mass is 516 g/mol. The minimum atomic E-state index is -0.909. The summed E-state index contributed by atoms with van der Waals surface area (Å²) >= 11 is 6.41. The SMILES string of the molecule is COc1ccc(N2C(=O)C(=O)/C(=C(/O)c3cc(C)cc(Cl)c3OC)C2c2c(C)[nH]c3ccccc23)cc1. The summed E-state index contributed by atoms with van der Waals surface area (Å²) in [5.41, 5.74) is 3.78. The van der Waals surface area contributed by atoms with Crippen molar-refractivity contribution < 1.29 is 24.2 Å². The lowest BCUT2D eigenvalue weighted by Gasteiger charge is -2.26.